The number of amides is 1. The highest BCUT2D eigenvalue weighted by atomic mass is 32.1. The Hall–Kier alpha value is -2.06. The van der Waals surface area contributed by atoms with E-state index in [-0.39, 0.29) is 18.5 Å². The van der Waals surface area contributed by atoms with Gasteiger partial charge in [0.2, 0.25) is 5.91 Å². The SMILES string of the molecule is Cc1cc(Nc2ncc(C)s2)nc(C2CCCCN2C(=O)CN)n1. The summed E-state index contributed by atoms with van der Waals surface area (Å²) in [6, 6.07) is 1.78. The van der Waals surface area contributed by atoms with Crippen LogP contribution in [-0.4, -0.2) is 38.8 Å². The minimum absolute atomic E-state index is 0.0197. The van der Waals surface area contributed by atoms with Gasteiger partial charge in [-0.05, 0) is 33.1 Å². The molecule has 0 saturated carbocycles. The van der Waals surface area contributed by atoms with Gasteiger partial charge in [0.1, 0.15) is 5.82 Å². The second-order valence-corrected chi connectivity index (χ2v) is 7.19. The van der Waals surface area contributed by atoms with Crippen molar-refractivity contribution in [3.8, 4) is 0 Å². The van der Waals surface area contributed by atoms with Crippen molar-refractivity contribution in [2.24, 2.45) is 5.73 Å². The van der Waals surface area contributed by atoms with Crippen LogP contribution < -0.4 is 11.1 Å². The number of nitrogens with two attached hydrogens (primary N) is 1. The van der Waals surface area contributed by atoms with Crippen molar-refractivity contribution in [3.05, 3.63) is 28.7 Å². The molecule has 1 fully saturated rings. The first-order valence-electron chi connectivity index (χ1n) is 8.11. The fourth-order valence-corrected chi connectivity index (χ4v) is 3.61. The van der Waals surface area contributed by atoms with E-state index in [2.05, 4.69) is 20.3 Å². The summed E-state index contributed by atoms with van der Waals surface area (Å²) >= 11 is 1.58. The molecule has 7 nitrogen and oxygen atoms in total. The first kappa shape index (κ1) is 16.8. The van der Waals surface area contributed by atoms with Crippen LogP contribution in [0.2, 0.25) is 0 Å². The van der Waals surface area contributed by atoms with E-state index in [4.69, 9.17) is 5.73 Å². The number of likely N-dealkylation sites (tertiary alicyclic amines) is 1. The highest BCUT2D eigenvalue weighted by Crippen LogP contribution is 2.30. The molecule has 3 rings (SSSR count). The van der Waals surface area contributed by atoms with Crippen LogP contribution in [0.1, 0.15) is 41.7 Å². The van der Waals surface area contributed by atoms with Gasteiger partial charge in [0.05, 0.1) is 12.6 Å². The zero-order valence-corrected chi connectivity index (χ0v) is 14.8. The lowest BCUT2D eigenvalue weighted by molar-refractivity contribution is -0.133. The molecule has 0 radical (unpaired) electrons. The van der Waals surface area contributed by atoms with Gasteiger partial charge in [-0.25, -0.2) is 15.0 Å². The van der Waals surface area contributed by atoms with Gasteiger partial charge < -0.3 is 16.0 Å². The predicted molar refractivity (Wildman–Crippen MR) is 94.3 cm³/mol. The van der Waals surface area contributed by atoms with E-state index in [0.29, 0.717) is 18.2 Å². The fourth-order valence-electron chi connectivity index (χ4n) is 2.94. The molecule has 2 aromatic rings. The lowest BCUT2D eigenvalue weighted by Gasteiger charge is -2.34. The van der Waals surface area contributed by atoms with Gasteiger partial charge in [0, 0.05) is 29.4 Å². The van der Waals surface area contributed by atoms with E-state index >= 15 is 0 Å². The molecule has 128 valence electrons. The highest BCUT2D eigenvalue weighted by Gasteiger charge is 2.29. The summed E-state index contributed by atoms with van der Waals surface area (Å²) in [6.45, 7) is 4.68. The zero-order valence-electron chi connectivity index (χ0n) is 14.0. The Bertz CT molecular complexity index is 731. The molecule has 1 aliphatic heterocycles. The molecule has 2 aromatic heterocycles. The second kappa shape index (κ2) is 7.23. The number of anilines is 2. The van der Waals surface area contributed by atoms with Gasteiger partial charge in [-0.3, -0.25) is 4.79 Å². The van der Waals surface area contributed by atoms with E-state index < -0.39 is 0 Å². The molecule has 24 heavy (non-hydrogen) atoms. The molecule has 3 heterocycles. The van der Waals surface area contributed by atoms with Gasteiger partial charge in [0.15, 0.2) is 11.0 Å². The van der Waals surface area contributed by atoms with E-state index in [1.807, 2.05) is 31.0 Å². The summed E-state index contributed by atoms with van der Waals surface area (Å²) in [5.41, 5.74) is 6.42. The minimum atomic E-state index is -0.103. The number of nitrogens with zero attached hydrogens (tertiary/aromatic N) is 4. The third-order valence-electron chi connectivity index (χ3n) is 4.02. The van der Waals surface area contributed by atoms with Crippen LogP contribution >= 0.6 is 11.3 Å². The Morgan fingerprint density at radius 2 is 2.25 bits per heavy atom. The number of hydrogen-bond donors (Lipinski definition) is 2. The van der Waals surface area contributed by atoms with Crippen LogP contribution in [0, 0.1) is 13.8 Å². The quantitative estimate of drug-likeness (QED) is 0.882. The first-order valence-corrected chi connectivity index (χ1v) is 8.93. The van der Waals surface area contributed by atoms with Gasteiger partial charge in [0.25, 0.3) is 0 Å². The monoisotopic (exact) mass is 346 g/mol. The number of aryl methyl sites for hydroxylation is 2. The third-order valence-corrected chi connectivity index (χ3v) is 4.85. The highest BCUT2D eigenvalue weighted by molar-refractivity contribution is 7.15. The van der Waals surface area contributed by atoms with Gasteiger partial charge >= 0.3 is 0 Å². The molecule has 8 heteroatoms. The number of thiazole rings is 1. The zero-order chi connectivity index (χ0) is 17.1. The van der Waals surface area contributed by atoms with Crippen molar-refractivity contribution in [1.29, 1.82) is 0 Å². The van der Waals surface area contributed by atoms with E-state index in [1.165, 1.54) is 0 Å². The van der Waals surface area contributed by atoms with Gasteiger partial charge in [-0.2, -0.15) is 0 Å². The number of nitrogens with one attached hydrogen (secondary N) is 1. The van der Waals surface area contributed by atoms with Crippen LogP contribution in [0.25, 0.3) is 0 Å². The standard InChI is InChI=1S/C16H22N6OS/c1-10-7-13(21-16-18-9-11(2)24-16)20-15(19-10)12-5-3-4-6-22(12)14(23)8-17/h7,9,12H,3-6,8,17H2,1-2H3,(H,18,19,20,21). The molecule has 1 aliphatic rings. The lowest BCUT2D eigenvalue weighted by atomic mass is 10.0. The summed E-state index contributed by atoms with van der Waals surface area (Å²) in [6.07, 6.45) is 4.75. The molecule has 1 amide bonds. The number of carbonyl (C=O) groups is 1. The summed E-state index contributed by atoms with van der Waals surface area (Å²) in [4.78, 5) is 28.6. The smallest absolute Gasteiger partial charge is 0.236 e. The van der Waals surface area contributed by atoms with Crippen LogP contribution in [0.3, 0.4) is 0 Å². The molecule has 0 spiro atoms. The molecule has 0 bridgehead atoms. The van der Waals surface area contributed by atoms with E-state index in [0.717, 1.165) is 35.0 Å². The number of hydrogen-bond acceptors (Lipinski definition) is 7. The molecule has 3 N–H and O–H groups in total. The maximum Gasteiger partial charge on any atom is 0.236 e. The number of rotatable bonds is 4. The molecule has 1 unspecified atom stereocenters. The third kappa shape index (κ3) is 3.70. The van der Waals surface area contributed by atoms with Crippen molar-refractivity contribution in [1.82, 2.24) is 19.9 Å². The van der Waals surface area contributed by atoms with Crippen LogP contribution in [-0.2, 0) is 4.79 Å². The normalized spacial score (nSPS) is 17.8. The summed E-state index contributed by atoms with van der Waals surface area (Å²) in [5, 5.41) is 4.03. The van der Waals surface area contributed by atoms with Crippen LogP contribution in [0.15, 0.2) is 12.3 Å². The largest absolute Gasteiger partial charge is 0.331 e. The number of piperidine rings is 1. The summed E-state index contributed by atoms with van der Waals surface area (Å²) in [5.74, 6) is 1.33. The lowest BCUT2D eigenvalue weighted by Crippen LogP contribution is -2.42. The molecular weight excluding hydrogens is 324 g/mol. The molecule has 1 atom stereocenters. The Morgan fingerprint density at radius 1 is 1.42 bits per heavy atom. The molecule has 0 aliphatic carbocycles. The van der Waals surface area contributed by atoms with Crippen molar-refractivity contribution in [2.45, 2.75) is 39.2 Å². The Morgan fingerprint density at radius 3 is 2.96 bits per heavy atom. The fraction of sp³-hybridized carbons (Fsp3) is 0.500. The van der Waals surface area contributed by atoms with E-state index in [9.17, 15) is 4.79 Å². The Balaban J connectivity index is 1.87. The number of carbonyl (C=O) groups excluding carboxylic acids is 1. The average molecular weight is 346 g/mol. The van der Waals surface area contributed by atoms with Crippen molar-refractivity contribution >= 4 is 28.2 Å². The Labute approximate surface area is 145 Å². The van der Waals surface area contributed by atoms with Crippen molar-refractivity contribution in [2.75, 3.05) is 18.4 Å². The van der Waals surface area contributed by atoms with E-state index in [1.54, 1.807) is 11.3 Å². The summed E-state index contributed by atoms with van der Waals surface area (Å²) < 4.78 is 0. The summed E-state index contributed by atoms with van der Waals surface area (Å²) in [7, 11) is 0. The van der Waals surface area contributed by atoms with Gasteiger partial charge in [-0.1, -0.05) is 0 Å². The minimum Gasteiger partial charge on any atom is -0.331 e. The first-order chi connectivity index (χ1) is 11.6. The molecular formula is C16H22N6OS. The van der Waals surface area contributed by atoms with Crippen LogP contribution in [0.4, 0.5) is 10.9 Å². The molecule has 1 saturated heterocycles. The maximum atomic E-state index is 12.1. The Kier molecular flexibility index (Phi) is 5.06. The second-order valence-electron chi connectivity index (χ2n) is 5.96. The molecule has 0 aromatic carbocycles. The predicted octanol–water partition coefficient (Wildman–Crippen LogP) is 2.31. The van der Waals surface area contributed by atoms with Gasteiger partial charge in [-0.15, -0.1) is 11.3 Å². The number of aromatic nitrogens is 3. The topological polar surface area (TPSA) is 97.0 Å². The average Bonchev–Trinajstić information content (AvgIpc) is 2.98. The van der Waals surface area contributed by atoms with Crippen molar-refractivity contribution < 1.29 is 4.79 Å². The van der Waals surface area contributed by atoms with Crippen LogP contribution in [0.5, 0.6) is 0 Å². The van der Waals surface area contributed by atoms with Crippen molar-refractivity contribution in [3.63, 3.8) is 0 Å². The maximum absolute atomic E-state index is 12.1.